The van der Waals surface area contributed by atoms with Gasteiger partial charge in [0.15, 0.2) is 0 Å². The Morgan fingerprint density at radius 2 is 1.71 bits per heavy atom. The molecule has 2 unspecified atom stereocenters. The Morgan fingerprint density at radius 3 is 2.39 bits per heavy atom. The van der Waals surface area contributed by atoms with Crippen LogP contribution in [-0.4, -0.2) is 69.8 Å². The summed E-state index contributed by atoms with van der Waals surface area (Å²) in [5, 5.41) is 4.35. The van der Waals surface area contributed by atoms with Crippen molar-refractivity contribution in [2.75, 3.05) is 26.2 Å². The quantitative estimate of drug-likeness (QED) is 0.711. The average molecular weight is 423 g/mol. The molecule has 1 aromatic heterocycles. The molecule has 0 saturated carbocycles. The number of piperidine rings is 1. The molecule has 2 aliphatic rings. The van der Waals surface area contributed by atoms with E-state index < -0.39 is 0 Å². The van der Waals surface area contributed by atoms with E-state index in [4.69, 9.17) is 4.74 Å². The summed E-state index contributed by atoms with van der Waals surface area (Å²) in [6.07, 6.45) is 8.61. The highest BCUT2D eigenvalue weighted by Gasteiger charge is 2.33. The number of hydrogen-bond donors (Lipinski definition) is 0. The SMILES string of the molecule is CC1CN(C(=O)C2CCN(C(=O)/C=C/c3cnn(-c4ccccc4)c3)CC2)CC(C)O1. The van der Waals surface area contributed by atoms with E-state index >= 15 is 0 Å². The normalized spacial score (nSPS) is 22.8. The highest BCUT2D eigenvalue weighted by molar-refractivity contribution is 5.92. The Morgan fingerprint density at radius 1 is 1.03 bits per heavy atom. The van der Waals surface area contributed by atoms with Gasteiger partial charge in [0.25, 0.3) is 0 Å². The zero-order valence-corrected chi connectivity index (χ0v) is 18.2. The fraction of sp³-hybridized carbons (Fsp3) is 0.458. The topological polar surface area (TPSA) is 67.7 Å². The zero-order chi connectivity index (χ0) is 21.8. The minimum absolute atomic E-state index is 0.00497. The number of aromatic nitrogens is 2. The first kappa shape index (κ1) is 21.3. The van der Waals surface area contributed by atoms with Crippen LogP contribution in [-0.2, 0) is 14.3 Å². The fourth-order valence-electron chi connectivity index (χ4n) is 4.38. The summed E-state index contributed by atoms with van der Waals surface area (Å²) in [7, 11) is 0. The molecule has 7 heteroatoms. The molecule has 0 bridgehead atoms. The molecule has 2 amide bonds. The van der Waals surface area contributed by atoms with E-state index in [1.807, 2.05) is 60.2 Å². The van der Waals surface area contributed by atoms with E-state index in [1.54, 1.807) is 23.0 Å². The van der Waals surface area contributed by atoms with E-state index in [9.17, 15) is 9.59 Å². The van der Waals surface area contributed by atoms with Gasteiger partial charge >= 0.3 is 0 Å². The number of ether oxygens (including phenoxy) is 1. The molecule has 7 nitrogen and oxygen atoms in total. The van der Waals surface area contributed by atoms with Gasteiger partial charge in [-0.1, -0.05) is 18.2 Å². The van der Waals surface area contributed by atoms with Gasteiger partial charge in [0.1, 0.15) is 0 Å². The second kappa shape index (κ2) is 9.47. The summed E-state index contributed by atoms with van der Waals surface area (Å²) in [5.41, 5.74) is 1.85. The number of morpholine rings is 1. The fourth-order valence-corrected chi connectivity index (χ4v) is 4.38. The molecule has 31 heavy (non-hydrogen) atoms. The van der Waals surface area contributed by atoms with Gasteiger partial charge in [-0.15, -0.1) is 0 Å². The second-order valence-corrected chi connectivity index (χ2v) is 8.49. The Hall–Kier alpha value is -2.93. The average Bonchev–Trinajstić information content (AvgIpc) is 3.26. The van der Waals surface area contributed by atoms with Crippen LogP contribution in [0.4, 0.5) is 0 Å². The molecule has 2 aliphatic heterocycles. The maximum absolute atomic E-state index is 12.9. The predicted molar refractivity (Wildman–Crippen MR) is 118 cm³/mol. The maximum atomic E-state index is 12.9. The van der Waals surface area contributed by atoms with Crippen molar-refractivity contribution in [2.24, 2.45) is 5.92 Å². The summed E-state index contributed by atoms with van der Waals surface area (Å²) in [6, 6.07) is 9.85. The first-order chi connectivity index (χ1) is 15.0. The minimum atomic E-state index is -0.0213. The van der Waals surface area contributed by atoms with Crippen molar-refractivity contribution < 1.29 is 14.3 Å². The van der Waals surface area contributed by atoms with E-state index in [2.05, 4.69) is 5.10 Å². The smallest absolute Gasteiger partial charge is 0.246 e. The van der Waals surface area contributed by atoms with Crippen LogP contribution >= 0.6 is 0 Å². The van der Waals surface area contributed by atoms with Gasteiger partial charge in [-0.25, -0.2) is 4.68 Å². The summed E-state index contributed by atoms with van der Waals surface area (Å²) in [4.78, 5) is 29.3. The van der Waals surface area contributed by atoms with Crippen LogP contribution in [0.2, 0.25) is 0 Å². The molecule has 1 aromatic carbocycles. The lowest BCUT2D eigenvalue weighted by molar-refractivity contribution is -0.149. The number of rotatable bonds is 4. The van der Waals surface area contributed by atoms with Gasteiger partial charge in [0, 0.05) is 49.9 Å². The monoisotopic (exact) mass is 422 g/mol. The molecule has 4 rings (SSSR count). The van der Waals surface area contributed by atoms with Gasteiger partial charge in [-0.2, -0.15) is 5.10 Å². The van der Waals surface area contributed by atoms with Crippen LogP contribution < -0.4 is 0 Å². The zero-order valence-electron chi connectivity index (χ0n) is 18.2. The highest BCUT2D eigenvalue weighted by Crippen LogP contribution is 2.22. The van der Waals surface area contributed by atoms with Crippen molar-refractivity contribution in [3.8, 4) is 5.69 Å². The minimum Gasteiger partial charge on any atom is -0.372 e. The summed E-state index contributed by atoms with van der Waals surface area (Å²) < 4.78 is 7.52. The molecule has 3 heterocycles. The standard InChI is InChI=1S/C24H30N4O3/c1-18-15-27(16-19(2)31-18)24(30)21-10-12-26(13-11-21)23(29)9-8-20-14-25-28(17-20)22-6-4-3-5-7-22/h3-9,14,17-19,21H,10-13,15-16H2,1-2H3/b9-8+. The van der Waals surface area contributed by atoms with Gasteiger partial charge in [-0.3, -0.25) is 9.59 Å². The molecule has 2 saturated heterocycles. The number of amides is 2. The Kier molecular flexibility index (Phi) is 6.51. The third kappa shape index (κ3) is 5.22. The molecule has 2 fully saturated rings. The number of hydrogen-bond acceptors (Lipinski definition) is 4. The van der Waals surface area contributed by atoms with Gasteiger partial charge in [0.2, 0.25) is 11.8 Å². The molecule has 2 aromatic rings. The number of carbonyl (C=O) groups is 2. The van der Waals surface area contributed by atoms with E-state index in [-0.39, 0.29) is 29.9 Å². The van der Waals surface area contributed by atoms with E-state index in [1.165, 1.54) is 0 Å². The number of carbonyl (C=O) groups excluding carboxylic acids is 2. The van der Waals surface area contributed by atoms with Gasteiger partial charge < -0.3 is 14.5 Å². The molecular weight excluding hydrogens is 392 g/mol. The van der Waals surface area contributed by atoms with Crippen LogP contribution in [0.3, 0.4) is 0 Å². The van der Waals surface area contributed by atoms with Crippen LogP contribution in [0.1, 0.15) is 32.3 Å². The molecule has 0 N–H and O–H groups in total. The second-order valence-electron chi connectivity index (χ2n) is 8.49. The van der Waals surface area contributed by atoms with Crippen molar-refractivity contribution in [2.45, 2.75) is 38.9 Å². The van der Waals surface area contributed by atoms with Crippen molar-refractivity contribution in [3.63, 3.8) is 0 Å². The molecular formula is C24H30N4O3. The lowest BCUT2D eigenvalue weighted by atomic mass is 9.94. The Labute approximate surface area is 183 Å². The summed E-state index contributed by atoms with van der Waals surface area (Å²) in [5.74, 6) is 0.180. The van der Waals surface area contributed by atoms with Crippen molar-refractivity contribution in [3.05, 3.63) is 54.4 Å². The summed E-state index contributed by atoms with van der Waals surface area (Å²) in [6.45, 7) is 6.54. The molecule has 0 radical (unpaired) electrons. The van der Waals surface area contributed by atoms with E-state index in [0.717, 1.165) is 11.3 Å². The van der Waals surface area contributed by atoms with Crippen LogP contribution in [0.15, 0.2) is 48.8 Å². The molecule has 0 aliphatic carbocycles. The largest absolute Gasteiger partial charge is 0.372 e. The summed E-state index contributed by atoms with van der Waals surface area (Å²) >= 11 is 0. The van der Waals surface area contributed by atoms with Crippen LogP contribution in [0, 0.1) is 5.92 Å². The van der Waals surface area contributed by atoms with Crippen molar-refractivity contribution in [1.82, 2.24) is 19.6 Å². The third-order valence-corrected chi connectivity index (χ3v) is 5.93. The molecule has 2 atom stereocenters. The lowest BCUT2D eigenvalue weighted by Gasteiger charge is -2.39. The maximum Gasteiger partial charge on any atom is 0.246 e. The van der Waals surface area contributed by atoms with Crippen LogP contribution in [0.5, 0.6) is 0 Å². The molecule has 164 valence electrons. The van der Waals surface area contributed by atoms with Gasteiger partial charge in [-0.05, 0) is 44.9 Å². The van der Waals surface area contributed by atoms with Crippen LogP contribution in [0.25, 0.3) is 11.8 Å². The lowest BCUT2D eigenvalue weighted by Crippen LogP contribution is -2.51. The Bertz CT molecular complexity index is 921. The first-order valence-corrected chi connectivity index (χ1v) is 11.0. The number of likely N-dealkylation sites (tertiary alicyclic amines) is 1. The van der Waals surface area contributed by atoms with Crippen molar-refractivity contribution in [1.29, 1.82) is 0 Å². The third-order valence-electron chi connectivity index (χ3n) is 5.93. The number of benzene rings is 1. The predicted octanol–water partition coefficient (Wildman–Crippen LogP) is 2.76. The molecule has 0 spiro atoms. The van der Waals surface area contributed by atoms with Crippen molar-refractivity contribution >= 4 is 17.9 Å². The number of para-hydroxylation sites is 1. The first-order valence-electron chi connectivity index (χ1n) is 11.0. The number of nitrogens with zero attached hydrogens (tertiary/aromatic N) is 4. The Balaban J connectivity index is 1.28. The van der Waals surface area contributed by atoms with E-state index in [0.29, 0.717) is 39.0 Å². The highest BCUT2D eigenvalue weighted by atomic mass is 16.5. The van der Waals surface area contributed by atoms with Gasteiger partial charge in [0.05, 0.1) is 24.1 Å².